The number of aryl methyl sites for hydroxylation is 1. The lowest BCUT2D eigenvalue weighted by atomic mass is 9.94. The van der Waals surface area contributed by atoms with Crippen LogP contribution in [-0.4, -0.2) is 40.9 Å². The molecule has 5 rings (SSSR count). The van der Waals surface area contributed by atoms with Gasteiger partial charge in [0, 0.05) is 23.8 Å². The molecule has 1 saturated heterocycles. The van der Waals surface area contributed by atoms with E-state index in [1.54, 1.807) is 35.9 Å². The first kappa shape index (κ1) is 21.8. The van der Waals surface area contributed by atoms with E-state index in [2.05, 4.69) is 10.3 Å². The van der Waals surface area contributed by atoms with Crippen LogP contribution in [0.1, 0.15) is 62.6 Å². The summed E-state index contributed by atoms with van der Waals surface area (Å²) in [6.07, 6.45) is 6.94. The topological polar surface area (TPSA) is 71.5 Å². The van der Waals surface area contributed by atoms with Gasteiger partial charge in [-0.05, 0) is 55.9 Å². The van der Waals surface area contributed by atoms with E-state index in [9.17, 15) is 9.59 Å². The van der Waals surface area contributed by atoms with Gasteiger partial charge in [0.05, 0.1) is 23.8 Å². The van der Waals surface area contributed by atoms with Crippen LogP contribution in [0.3, 0.4) is 0 Å². The number of carbonyl (C=O) groups excluding carboxylic acids is 2. The Labute approximate surface area is 197 Å². The van der Waals surface area contributed by atoms with Crippen LogP contribution in [0.15, 0.2) is 54.9 Å². The number of pyridine rings is 1. The lowest BCUT2D eigenvalue weighted by Gasteiger charge is -2.37. The van der Waals surface area contributed by atoms with E-state index in [-0.39, 0.29) is 24.0 Å². The number of nitrogens with one attached hydrogen (secondary N) is 1. The lowest BCUT2D eigenvalue weighted by Crippen LogP contribution is -2.46. The lowest BCUT2D eigenvalue weighted by molar-refractivity contribution is -0.0691. The summed E-state index contributed by atoms with van der Waals surface area (Å²) in [6.45, 7) is 3.03. The van der Waals surface area contributed by atoms with Crippen LogP contribution in [0.5, 0.6) is 0 Å². The Morgan fingerprint density at radius 3 is 2.70 bits per heavy atom. The molecule has 2 unspecified atom stereocenters. The molecule has 0 radical (unpaired) electrons. The maximum absolute atomic E-state index is 13.9. The number of ether oxygens (including phenoxy) is 1. The standard InChI is InChI=1S/C26H27N3O3S/c1-17-15-29(16-21(32-17)18-8-3-2-4-9-18)26(31)23-20-11-5-6-12-22(20)33-25(23)28-24(30)19-10-7-13-27-14-19/h2-4,7-10,13-14,17,21H,5-6,11-12,15-16H2,1H3,(H,28,30). The summed E-state index contributed by atoms with van der Waals surface area (Å²) in [4.78, 5) is 33.9. The normalized spacial score (nSPS) is 20.2. The Balaban J connectivity index is 1.45. The number of hydrogen-bond acceptors (Lipinski definition) is 5. The van der Waals surface area contributed by atoms with Crippen LogP contribution in [0.25, 0.3) is 0 Å². The molecule has 3 heterocycles. The molecule has 6 nitrogen and oxygen atoms in total. The molecule has 0 saturated carbocycles. The summed E-state index contributed by atoms with van der Waals surface area (Å²) in [5, 5.41) is 3.67. The fraction of sp³-hybridized carbons (Fsp3) is 0.346. The van der Waals surface area contributed by atoms with Crippen molar-refractivity contribution >= 4 is 28.2 Å². The van der Waals surface area contributed by atoms with E-state index < -0.39 is 0 Å². The number of benzene rings is 1. The Morgan fingerprint density at radius 1 is 1.09 bits per heavy atom. The summed E-state index contributed by atoms with van der Waals surface area (Å²) in [5.41, 5.74) is 3.31. The van der Waals surface area contributed by atoms with Gasteiger partial charge in [0.2, 0.25) is 0 Å². The first-order valence-corrected chi connectivity index (χ1v) is 12.3. The highest BCUT2D eigenvalue weighted by Crippen LogP contribution is 2.40. The zero-order valence-corrected chi connectivity index (χ0v) is 19.4. The van der Waals surface area contributed by atoms with Gasteiger partial charge >= 0.3 is 0 Å². The highest BCUT2D eigenvalue weighted by atomic mass is 32.1. The van der Waals surface area contributed by atoms with E-state index in [4.69, 9.17) is 4.74 Å². The molecule has 1 fully saturated rings. The number of thiophene rings is 1. The van der Waals surface area contributed by atoms with Gasteiger partial charge in [-0.1, -0.05) is 30.3 Å². The maximum atomic E-state index is 13.9. The molecule has 2 atom stereocenters. The zero-order chi connectivity index (χ0) is 22.8. The molecule has 0 spiro atoms. The number of amides is 2. The van der Waals surface area contributed by atoms with Gasteiger partial charge in [-0.2, -0.15) is 0 Å². The van der Waals surface area contributed by atoms with E-state index in [1.165, 1.54) is 4.88 Å². The number of anilines is 1. The molecule has 1 aliphatic heterocycles. The largest absolute Gasteiger partial charge is 0.367 e. The Hall–Kier alpha value is -3.03. The second kappa shape index (κ2) is 9.45. The number of fused-ring (bicyclic) bond motifs is 1. The fourth-order valence-electron chi connectivity index (χ4n) is 4.68. The van der Waals surface area contributed by atoms with Gasteiger partial charge in [-0.15, -0.1) is 11.3 Å². The fourth-order valence-corrected chi connectivity index (χ4v) is 5.96. The van der Waals surface area contributed by atoms with E-state index >= 15 is 0 Å². The van der Waals surface area contributed by atoms with Gasteiger partial charge in [0.1, 0.15) is 11.1 Å². The summed E-state index contributed by atoms with van der Waals surface area (Å²) in [7, 11) is 0. The average Bonchev–Trinajstić information content (AvgIpc) is 3.22. The predicted molar refractivity (Wildman–Crippen MR) is 129 cm³/mol. The minimum absolute atomic E-state index is 0.0213. The third-order valence-corrected chi connectivity index (χ3v) is 7.46. The van der Waals surface area contributed by atoms with Gasteiger partial charge in [-0.3, -0.25) is 14.6 Å². The Bertz CT molecular complexity index is 1150. The minimum atomic E-state index is -0.242. The third kappa shape index (κ3) is 4.56. The van der Waals surface area contributed by atoms with E-state index in [0.717, 1.165) is 36.8 Å². The molecule has 1 aromatic carbocycles. The van der Waals surface area contributed by atoms with Crippen molar-refractivity contribution in [2.24, 2.45) is 0 Å². The molecule has 1 aliphatic carbocycles. The number of hydrogen-bond donors (Lipinski definition) is 1. The van der Waals surface area contributed by atoms with Gasteiger partial charge < -0.3 is 15.0 Å². The SMILES string of the molecule is CC1CN(C(=O)c2c(NC(=O)c3cccnc3)sc3c2CCCC3)CC(c2ccccc2)O1. The van der Waals surface area contributed by atoms with Crippen LogP contribution < -0.4 is 5.32 Å². The van der Waals surface area contributed by atoms with Crippen LogP contribution >= 0.6 is 11.3 Å². The molecular formula is C26H27N3O3S. The number of morpholine rings is 1. The predicted octanol–water partition coefficient (Wildman–Crippen LogP) is 4.88. The van der Waals surface area contributed by atoms with Crippen molar-refractivity contribution in [1.29, 1.82) is 0 Å². The van der Waals surface area contributed by atoms with Crippen molar-refractivity contribution in [2.75, 3.05) is 18.4 Å². The quantitative estimate of drug-likeness (QED) is 0.601. The summed E-state index contributed by atoms with van der Waals surface area (Å²) >= 11 is 1.54. The van der Waals surface area contributed by atoms with Gasteiger partial charge in [-0.25, -0.2) is 0 Å². The first-order chi connectivity index (χ1) is 16.1. The van der Waals surface area contributed by atoms with E-state index in [1.807, 2.05) is 42.2 Å². The molecule has 3 aromatic rings. The molecule has 2 amide bonds. The van der Waals surface area contributed by atoms with Crippen LogP contribution in [0.4, 0.5) is 5.00 Å². The summed E-state index contributed by atoms with van der Waals surface area (Å²) < 4.78 is 6.17. The number of nitrogens with zero attached hydrogens (tertiary/aromatic N) is 2. The number of carbonyl (C=O) groups is 2. The monoisotopic (exact) mass is 461 g/mol. The zero-order valence-electron chi connectivity index (χ0n) is 18.6. The van der Waals surface area contributed by atoms with Crippen LogP contribution in [0.2, 0.25) is 0 Å². The van der Waals surface area contributed by atoms with Crippen molar-refractivity contribution < 1.29 is 14.3 Å². The molecule has 170 valence electrons. The average molecular weight is 462 g/mol. The van der Waals surface area contributed by atoms with Crippen molar-refractivity contribution in [3.05, 3.63) is 82.0 Å². The third-order valence-electron chi connectivity index (χ3n) is 6.25. The second-order valence-electron chi connectivity index (χ2n) is 8.67. The van der Waals surface area contributed by atoms with Crippen LogP contribution in [-0.2, 0) is 17.6 Å². The molecule has 2 aliphatic rings. The molecule has 33 heavy (non-hydrogen) atoms. The number of aromatic nitrogens is 1. The van der Waals surface area contributed by atoms with Gasteiger partial charge in [0.25, 0.3) is 11.8 Å². The minimum Gasteiger partial charge on any atom is -0.367 e. The Kier molecular flexibility index (Phi) is 6.24. The smallest absolute Gasteiger partial charge is 0.257 e. The van der Waals surface area contributed by atoms with Crippen molar-refractivity contribution in [3.8, 4) is 0 Å². The molecule has 1 N–H and O–H groups in total. The first-order valence-electron chi connectivity index (χ1n) is 11.5. The van der Waals surface area contributed by atoms with Gasteiger partial charge in [0.15, 0.2) is 0 Å². The Morgan fingerprint density at radius 2 is 1.91 bits per heavy atom. The van der Waals surface area contributed by atoms with Crippen molar-refractivity contribution in [2.45, 2.75) is 44.8 Å². The van der Waals surface area contributed by atoms with E-state index in [0.29, 0.717) is 29.2 Å². The maximum Gasteiger partial charge on any atom is 0.257 e. The van der Waals surface area contributed by atoms with Crippen molar-refractivity contribution in [1.82, 2.24) is 9.88 Å². The number of rotatable bonds is 4. The summed E-state index contributed by atoms with van der Waals surface area (Å²) in [6, 6.07) is 13.5. The second-order valence-corrected chi connectivity index (χ2v) is 9.77. The highest BCUT2D eigenvalue weighted by Gasteiger charge is 2.34. The van der Waals surface area contributed by atoms with Crippen molar-refractivity contribution in [3.63, 3.8) is 0 Å². The summed E-state index contributed by atoms with van der Waals surface area (Å²) in [5.74, 6) is -0.264. The molecule has 2 aromatic heterocycles. The molecular weight excluding hydrogens is 434 g/mol. The molecule has 7 heteroatoms. The molecule has 0 bridgehead atoms. The highest BCUT2D eigenvalue weighted by molar-refractivity contribution is 7.17. The van der Waals surface area contributed by atoms with Crippen LogP contribution in [0, 0.1) is 0 Å².